The summed E-state index contributed by atoms with van der Waals surface area (Å²) >= 11 is 5.79. The van der Waals surface area contributed by atoms with Gasteiger partial charge in [0.25, 0.3) is 0 Å². The van der Waals surface area contributed by atoms with E-state index in [1.165, 1.54) is 0 Å². The van der Waals surface area contributed by atoms with Crippen LogP contribution in [-0.4, -0.2) is 9.97 Å². The summed E-state index contributed by atoms with van der Waals surface area (Å²) in [7, 11) is 0. The first kappa shape index (κ1) is 10.4. The van der Waals surface area contributed by atoms with Crippen LogP contribution in [0.1, 0.15) is 0 Å². The van der Waals surface area contributed by atoms with Crippen molar-refractivity contribution in [2.45, 2.75) is 0 Å². The fourth-order valence-electron chi connectivity index (χ4n) is 1.25. The maximum atomic E-state index is 8.46. The quantitative estimate of drug-likeness (QED) is 0.637. The van der Waals surface area contributed by atoms with Crippen LogP contribution in [0.5, 0.6) is 0 Å². The second-order valence-corrected chi connectivity index (χ2v) is 3.45. The van der Waals surface area contributed by atoms with Gasteiger partial charge in [0.2, 0.25) is 5.95 Å². The molecule has 0 spiro atoms. The molecule has 0 atom stereocenters. The molecule has 1 aromatic carbocycles. The van der Waals surface area contributed by atoms with E-state index < -0.39 is 0 Å². The van der Waals surface area contributed by atoms with Gasteiger partial charge in [0.15, 0.2) is 6.19 Å². The van der Waals surface area contributed by atoms with Crippen LogP contribution >= 0.6 is 11.6 Å². The van der Waals surface area contributed by atoms with E-state index in [1.807, 2.05) is 12.1 Å². The minimum absolute atomic E-state index is 0.287. The van der Waals surface area contributed by atoms with Gasteiger partial charge in [0, 0.05) is 16.8 Å². The van der Waals surface area contributed by atoms with Crippen LogP contribution in [-0.2, 0) is 0 Å². The molecule has 4 nitrogen and oxygen atoms in total. The number of hydrogen-bond donors (Lipinski definition) is 1. The Hall–Kier alpha value is -2.12. The number of aromatic nitrogens is 2. The van der Waals surface area contributed by atoms with Crippen LogP contribution in [0.15, 0.2) is 36.5 Å². The molecule has 0 saturated heterocycles. The zero-order valence-corrected chi connectivity index (χ0v) is 8.94. The molecule has 0 fully saturated rings. The molecule has 0 radical (unpaired) electrons. The van der Waals surface area contributed by atoms with E-state index >= 15 is 0 Å². The van der Waals surface area contributed by atoms with E-state index in [0.717, 1.165) is 11.3 Å². The highest BCUT2D eigenvalue weighted by Gasteiger charge is 2.01. The fraction of sp³-hybridized carbons (Fsp3) is 0. The molecule has 2 aromatic rings. The number of nitrogens with zero attached hydrogens (tertiary/aromatic N) is 3. The van der Waals surface area contributed by atoms with Crippen LogP contribution < -0.4 is 5.32 Å². The average molecular weight is 231 g/mol. The molecule has 1 N–H and O–H groups in total. The summed E-state index contributed by atoms with van der Waals surface area (Å²) in [5.41, 5.74) is 1.66. The summed E-state index contributed by atoms with van der Waals surface area (Å²) in [6, 6.07) is 9.07. The highest BCUT2D eigenvalue weighted by atomic mass is 35.5. The van der Waals surface area contributed by atoms with Crippen molar-refractivity contribution < 1.29 is 0 Å². The molecular weight excluding hydrogens is 224 g/mol. The van der Waals surface area contributed by atoms with E-state index in [2.05, 4.69) is 15.3 Å². The smallest absolute Gasteiger partial charge is 0.236 e. The van der Waals surface area contributed by atoms with Crippen LogP contribution in [0, 0.1) is 11.5 Å². The maximum absolute atomic E-state index is 8.46. The molecule has 2 rings (SSSR count). The molecule has 5 heteroatoms. The maximum Gasteiger partial charge on any atom is 0.236 e. The first-order valence-corrected chi connectivity index (χ1v) is 4.91. The zero-order chi connectivity index (χ0) is 11.4. The molecule has 0 amide bonds. The lowest BCUT2D eigenvalue weighted by molar-refractivity contribution is 1.17. The van der Waals surface area contributed by atoms with Gasteiger partial charge in [-0.25, -0.2) is 9.97 Å². The lowest BCUT2D eigenvalue weighted by atomic mass is 10.1. The Balaban J connectivity index is 2.37. The third kappa shape index (κ3) is 2.27. The highest BCUT2D eigenvalue weighted by molar-refractivity contribution is 6.30. The highest BCUT2D eigenvalue weighted by Crippen LogP contribution is 2.19. The number of halogens is 1. The Bertz CT molecular complexity index is 530. The predicted octanol–water partition coefficient (Wildman–Crippen LogP) is 2.69. The van der Waals surface area contributed by atoms with Gasteiger partial charge in [-0.15, -0.1) is 0 Å². The number of rotatable bonds is 2. The van der Waals surface area contributed by atoms with Crippen molar-refractivity contribution in [1.29, 1.82) is 5.26 Å². The van der Waals surface area contributed by atoms with Crippen molar-refractivity contribution in [3.8, 4) is 17.5 Å². The summed E-state index contributed by atoms with van der Waals surface area (Å²) in [5.74, 6) is 0.287. The van der Waals surface area contributed by atoms with Crippen molar-refractivity contribution in [2.24, 2.45) is 0 Å². The Morgan fingerprint density at radius 2 is 1.94 bits per heavy atom. The van der Waals surface area contributed by atoms with Crippen LogP contribution in [0.4, 0.5) is 5.95 Å². The standard InChI is InChI=1S/C11H7ClN4/c12-9-3-1-8(2-4-9)10-5-6-14-11(16-10)15-7-13/h1-6H,(H,14,15,16). The summed E-state index contributed by atoms with van der Waals surface area (Å²) in [6.45, 7) is 0. The lowest BCUT2D eigenvalue weighted by Gasteiger charge is -2.02. The van der Waals surface area contributed by atoms with Crippen molar-refractivity contribution in [2.75, 3.05) is 5.32 Å². The normalized spacial score (nSPS) is 9.50. The van der Waals surface area contributed by atoms with E-state index in [4.69, 9.17) is 16.9 Å². The van der Waals surface area contributed by atoms with Crippen molar-refractivity contribution in [3.63, 3.8) is 0 Å². The molecule has 78 valence electrons. The monoisotopic (exact) mass is 230 g/mol. The summed E-state index contributed by atoms with van der Waals surface area (Å²) in [5, 5.41) is 11.5. The average Bonchev–Trinajstić information content (AvgIpc) is 2.31. The number of anilines is 1. The second-order valence-electron chi connectivity index (χ2n) is 3.01. The molecular formula is C11H7ClN4. The van der Waals surface area contributed by atoms with Crippen molar-refractivity contribution in [3.05, 3.63) is 41.6 Å². The van der Waals surface area contributed by atoms with Gasteiger partial charge in [-0.3, -0.25) is 5.32 Å². The first-order valence-electron chi connectivity index (χ1n) is 4.53. The third-order valence-corrected chi connectivity index (χ3v) is 2.22. The predicted molar refractivity (Wildman–Crippen MR) is 61.7 cm³/mol. The number of nitrogens with one attached hydrogen (secondary N) is 1. The zero-order valence-electron chi connectivity index (χ0n) is 8.18. The van der Waals surface area contributed by atoms with Gasteiger partial charge >= 0.3 is 0 Å². The molecule has 0 aliphatic rings. The molecule has 0 saturated carbocycles. The van der Waals surface area contributed by atoms with E-state index in [1.54, 1.807) is 30.6 Å². The number of benzene rings is 1. The largest absolute Gasteiger partial charge is 0.261 e. The van der Waals surface area contributed by atoms with Crippen LogP contribution in [0.25, 0.3) is 11.3 Å². The number of nitriles is 1. The molecule has 16 heavy (non-hydrogen) atoms. The van der Waals surface area contributed by atoms with Gasteiger partial charge < -0.3 is 0 Å². The van der Waals surface area contributed by atoms with Crippen LogP contribution in [0.3, 0.4) is 0 Å². The van der Waals surface area contributed by atoms with Gasteiger partial charge in [-0.1, -0.05) is 23.7 Å². The van der Waals surface area contributed by atoms with E-state index in [-0.39, 0.29) is 5.95 Å². The molecule has 0 bridgehead atoms. The Labute approximate surface area is 97.5 Å². The topological polar surface area (TPSA) is 61.6 Å². The summed E-state index contributed by atoms with van der Waals surface area (Å²) in [6.07, 6.45) is 3.37. The molecule has 1 heterocycles. The van der Waals surface area contributed by atoms with Gasteiger partial charge in [-0.2, -0.15) is 5.26 Å². The molecule has 0 aliphatic carbocycles. The first-order chi connectivity index (χ1) is 7.79. The minimum Gasteiger partial charge on any atom is -0.261 e. The van der Waals surface area contributed by atoms with Gasteiger partial charge in [0.1, 0.15) is 0 Å². The second kappa shape index (κ2) is 4.60. The van der Waals surface area contributed by atoms with Crippen molar-refractivity contribution in [1.82, 2.24) is 9.97 Å². The lowest BCUT2D eigenvalue weighted by Crippen LogP contribution is -1.96. The third-order valence-electron chi connectivity index (χ3n) is 1.96. The van der Waals surface area contributed by atoms with Gasteiger partial charge in [-0.05, 0) is 18.2 Å². The molecule has 0 unspecified atom stereocenters. The fourth-order valence-corrected chi connectivity index (χ4v) is 1.38. The Morgan fingerprint density at radius 3 is 2.62 bits per heavy atom. The SMILES string of the molecule is N#CNc1nccc(-c2ccc(Cl)cc2)n1. The van der Waals surface area contributed by atoms with Crippen molar-refractivity contribution >= 4 is 17.5 Å². The minimum atomic E-state index is 0.287. The van der Waals surface area contributed by atoms with E-state index in [9.17, 15) is 0 Å². The summed E-state index contributed by atoms with van der Waals surface area (Å²) < 4.78 is 0. The Kier molecular flexibility index (Phi) is 2.99. The Morgan fingerprint density at radius 1 is 1.19 bits per heavy atom. The number of hydrogen-bond acceptors (Lipinski definition) is 4. The summed E-state index contributed by atoms with van der Waals surface area (Å²) in [4.78, 5) is 8.08. The van der Waals surface area contributed by atoms with Gasteiger partial charge in [0.05, 0.1) is 5.69 Å². The molecule has 0 aliphatic heterocycles. The molecule has 1 aromatic heterocycles. The van der Waals surface area contributed by atoms with Crippen LogP contribution in [0.2, 0.25) is 5.02 Å². The van der Waals surface area contributed by atoms with E-state index in [0.29, 0.717) is 5.02 Å².